The molecule has 0 spiro atoms. The average Bonchev–Trinajstić information content (AvgIpc) is 2.75. The van der Waals surface area contributed by atoms with Crippen molar-refractivity contribution in [2.45, 2.75) is 64.1 Å². The maximum absolute atomic E-state index is 12.3. The van der Waals surface area contributed by atoms with Crippen molar-refractivity contribution in [2.24, 2.45) is 11.7 Å². The van der Waals surface area contributed by atoms with Gasteiger partial charge in [0.2, 0.25) is 5.91 Å². The number of likely N-dealkylation sites (tertiary alicyclic amines) is 1. The third kappa shape index (κ3) is 4.18. The largest absolute Gasteiger partial charge is 0.371 e. The van der Waals surface area contributed by atoms with E-state index in [1.54, 1.807) is 0 Å². The van der Waals surface area contributed by atoms with Gasteiger partial charge in [-0.1, -0.05) is 19.8 Å². The predicted molar refractivity (Wildman–Crippen MR) is 75.8 cm³/mol. The number of fused-ring (bicyclic) bond motifs is 2. The predicted octanol–water partition coefficient (Wildman–Crippen LogP) is 1.92. The molecule has 110 valence electrons. The number of nitrogens with two attached hydrogens (primary N) is 1. The van der Waals surface area contributed by atoms with Gasteiger partial charge >= 0.3 is 0 Å². The first-order chi connectivity index (χ1) is 9.22. The van der Waals surface area contributed by atoms with Crippen molar-refractivity contribution in [1.82, 2.24) is 4.90 Å². The van der Waals surface area contributed by atoms with E-state index in [4.69, 9.17) is 10.5 Å². The van der Waals surface area contributed by atoms with E-state index >= 15 is 0 Å². The van der Waals surface area contributed by atoms with Crippen molar-refractivity contribution in [3.63, 3.8) is 0 Å². The fourth-order valence-corrected chi connectivity index (χ4v) is 3.38. The molecule has 2 bridgehead atoms. The summed E-state index contributed by atoms with van der Waals surface area (Å²) in [5.41, 5.74) is 5.64. The molecular formula is C15H28N2O2. The zero-order valence-corrected chi connectivity index (χ0v) is 12.1. The van der Waals surface area contributed by atoms with Crippen LogP contribution < -0.4 is 5.73 Å². The van der Waals surface area contributed by atoms with Crippen LogP contribution in [0.5, 0.6) is 0 Å². The lowest BCUT2D eigenvalue weighted by Gasteiger charge is -2.32. The van der Waals surface area contributed by atoms with Crippen LogP contribution in [0.2, 0.25) is 0 Å². The van der Waals surface area contributed by atoms with Crippen LogP contribution in [0.4, 0.5) is 0 Å². The van der Waals surface area contributed by atoms with Gasteiger partial charge < -0.3 is 15.4 Å². The minimum Gasteiger partial charge on any atom is -0.371 e. The first-order valence-corrected chi connectivity index (χ1v) is 7.86. The number of carbonyl (C=O) groups excluding carboxylic acids is 1. The van der Waals surface area contributed by atoms with E-state index in [0.29, 0.717) is 30.5 Å². The topological polar surface area (TPSA) is 55.6 Å². The third-order valence-corrected chi connectivity index (χ3v) is 4.43. The molecule has 2 saturated heterocycles. The van der Waals surface area contributed by atoms with Crippen LogP contribution in [0.3, 0.4) is 0 Å². The van der Waals surface area contributed by atoms with E-state index in [2.05, 4.69) is 6.92 Å². The number of amides is 1. The zero-order valence-electron chi connectivity index (χ0n) is 12.1. The van der Waals surface area contributed by atoms with Gasteiger partial charge in [-0.05, 0) is 38.1 Å². The minimum atomic E-state index is 0.304. The van der Waals surface area contributed by atoms with E-state index < -0.39 is 0 Å². The molecule has 2 aliphatic rings. The van der Waals surface area contributed by atoms with Crippen LogP contribution in [0.1, 0.15) is 51.9 Å². The lowest BCUT2D eigenvalue weighted by molar-refractivity contribution is -0.140. The Labute approximate surface area is 116 Å². The van der Waals surface area contributed by atoms with Crippen molar-refractivity contribution < 1.29 is 9.53 Å². The molecule has 1 amide bonds. The van der Waals surface area contributed by atoms with Gasteiger partial charge in [-0.25, -0.2) is 0 Å². The highest BCUT2D eigenvalue weighted by Gasteiger charge is 2.35. The summed E-state index contributed by atoms with van der Waals surface area (Å²) in [7, 11) is 0. The maximum Gasteiger partial charge on any atom is 0.222 e. The minimum absolute atomic E-state index is 0.304. The zero-order chi connectivity index (χ0) is 13.7. The molecule has 19 heavy (non-hydrogen) atoms. The summed E-state index contributed by atoms with van der Waals surface area (Å²) in [5, 5.41) is 0. The lowest BCUT2D eigenvalue weighted by Crippen LogP contribution is -2.45. The summed E-state index contributed by atoms with van der Waals surface area (Å²) < 4.78 is 5.77. The second-order valence-electron chi connectivity index (χ2n) is 6.03. The Hall–Kier alpha value is -0.610. The van der Waals surface area contributed by atoms with Crippen LogP contribution in [0, 0.1) is 5.92 Å². The van der Waals surface area contributed by atoms with Crippen LogP contribution in [0.25, 0.3) is 0 Å². The number of hydrogen-bond acceptors (Lipinski definition) is 3. The van der Waals surface area contributed by atoms with Gasteiger partial charge in [0.1, 0.15) is 0 Å². The first-order valence-electron chi connectivity index (χ1n) is 7.86. The summed E-state index contributed by atoms with van der Waals surface area (Å²) in [4.78, 5) is 14.3. The van der Waals surface area contributed by atoms with Crippen molar-refractivity contribution >= 4 is 5.91 Å². The maximum atomic E-state index is 12.3. The molecule has 2 rings (SSSR count). The smallest absolute Gasteiger partial charge is 0.222 e. The number of carbonyl (C=O) groups is 1. The summed E-state index contributed by atoms with van der Waals surface area (Å²) in [6, 6.07) is 0. The Morgan fingerprint density at radius 1 is 1.26 bits per heavy atom. The van der Waals surface area contributed by atoms with E-state index in [9.17, 15) is 4.79 Å². The fraction of sp³-hybridized carbons (Fsp3) is 0.933. The van der Waals surface area contributed by atoms with Gasteiger partial charge in [0, 0.05) is 19.5 Å². The van der Waals surface area contributed by atoms with Crippen molar-refractivity contribution in [3.8, 4) is 0 Å². The molecular weight excluding hydrogens is 240 g/mol. The van der Waals surface area contributed by atoms with E-state index in [1.165, 1.54) is 12.8 Å². The molecule has 0 aromatic rings. The summed E-state index contributed by atoms with van der Waals surface area (Å²) in [6.07, 6.45) is 7.96. The van der Waals surface area contributed by atoms with Gasteiger partial charge in [0.15, 0.2) is 0 Å². The molecule has 0 aliphatic carbocycles. The molecule has 2 N–H and O–H groups in total. The summed E-state index contributed by atoms with van der Waals surface area (Å²) in [6.45, 7) is 4.56. The van der Waals surface area contributed by atoms with E-state index in [-0.39, 0.29) is 0 Å². The number of hydrogen-bond donors (Lipinski definition) is 1. The molecule has 4 heteroatoms. The summed E-state index contributed by atoms with van der Waals surface area (Å²) >= 11 is 0. The Morgan fingerprint density at radius 2 is 1.95 bits per heavy atom. The van der Waals surface area contributed by atoms with E-state index in [0.717, 1.165) is 45.3 Å². The molecule has 0 aromatic heterocycles. The number of ether oxygens (including phenoxy) is 1. The Morgan fingerprint density at radius 3 is 2.53 bits per heavy atom. The Bertz CT molecular complexity index is 278. The Balaban J connectivity index is 1.74. The van der Waals surface area contributed by atoms with Crippen molar-refractivity contribution in [2.75, 3.05) is 19.6 Å². The van der Waals surface area contributed by atoms with Gasteiger partial charge in [-0.3, -0.25) is 4.79 Å². The van der Waals surface area contributed by atoms with E-state index in [1.807, 2.05) is 4.90 Å². The van der Waals surface area contributed by atoms with Gasteiger partial charge in [-0.15, -0.1) is 0 Å². The highest BCUT2D eigenvalue weighted by atomic mass is 16.5. The quantitative estimate of drug-likeness (QED) is 0.767. The molecule has 0 radical (unpaired) electrons. The van der Waals surface area contributed by atoms with Crippen LogP contribution in [0.15, 0.2) is 0 Å². The van der Waals surface area contributed by atoms with Gasteiger partial charge in [0.05, 0.1) is 12.2 Å². The molecule has 0 saturated carbocycles. The molecule has 0 aromatic carbocycles. The number of nitrogens with zero attached hydrogens (tertiary/aromatic N) is 1. The number of rotatable bonds is 7. The second kappa shape index (κ2) is 7.25. The summed E-state index contributed by atoms with van der Waals surface area (Å²) in [5.74, 6) is 0.940. The SMILES string of the molecule is CCCC(CCN)CCC(=O)N1CC2CCC(C1)O2. The highest BCUT2D eigenvalue weighted by Crippen LogP contribution is 2.27. The molecule has 3 atom stereocenters. The molecule has 2 aliphatic heterocycles. The molecule has 4 nitrogen and oxygen atoms in total. The molecule has 2 fully saturated rings. The van der Waals surface area contributed by atoms with Crippen LogP contribution >= 0.6 is 0 Å². The lowest BCUT2D eigenvalue weighted by atomic mass is 9.94. The van der Waals surface area contributed by atoms with Gasteiger partial charge in [-0.2, -0.15) is 0 Å². The highest BCUT2D eigenvalue weighted by molar-refractivity contribution is 5.76. The molecule has 3 unspecified atom stereocenters. The van der Waals surface area contributed by atoms with Crippen LogP contribution in [-0.4, -0.2) is 42.6 Å². The fourth-order valence-electron chi connectivity index (χ4n) is 3.38. The first kappa shape index (κ1) is 14.8. The Kier molecular flexibility index (Phi) is 5.64. The molecule has 2 heterocycles. The normalized spacial score (nSPS) is 27.6. The van der Waals surface area contributed by atoms with Gasteiger partial charge in [0.25, 0.3) is 0 Å². The van der Waals surface area contributed by atoms with Crippen molar-refractivity contribution in [3.05, 3.63) is 0 Å². The average molecular weight is 268 g/mol. The monoisotopic (exact) mass is 268 g/mol. The standard InChI is InChI=1S/C15H28N2O2/c1-2-3-12(8-9-16)4-7-15(18)17-10-13-5-6-14(11-17)19-13/h12-14H,2-11,16H2,1H3. The van der Waals surface area contributed by atoms with Crippen LogP contribution in [-0.2, 0) is 9.53 Å². The van der Waals surface area contributed by atoms with Crippen molar-refractivity contribution in [1.29, 1.82) is 0 Å². The third-order valence-electron chi connectivity index (χ3n) is 4.43. The number of morpholine rings is 1. The second-order valence-corrected chi connectivity index (χ2v) is 6.03.